The van der Waals surface area contributed by atoms with Gasteiger partial charge >= 0.3 is 0 Å². The van der Waals surface area contributed by atoms with Gasteiger partial charge in [0.25, 0.3) is 0 Å². The molecule has 1 rings (SSSR count). The highest BCUT2D eigenvalue weighted by Gasteiger charge is 2.30. The quantitative estimate of drug-likeness (QED) is 0.754. The van der Waals surface area contributed by atoms with Gasteiger partial charge in [0, 0.05) is 6.54 Å². The number of carbonyl (C=O) groups is 1. The summed E-state index contributed by atoms with van der Waals surface area (Å²) in [6.07, 6.45) is 5.20. The molecule has 0 bridgehead atoms. The molecule has 94 valence electrons. The summed E-state index contributed by atoms with van der Waals surface area (Å²) in [6.45, 7) is 7.04. The Bertz CT molecular complexity index is 236. The van der Waals surface area contributed by atoms with Crippen LogP contribution < -0.4 is 11.1 Å². The summed E-state index contributed by atoms with van der Waals surface area (Å²) >= 11 is 0. The second-order valence-electron chi connectivity index (χ2n) is 5.36. The third-order valence-electron chi connectivity index (χ3n) is 4.07. The Morgan fingerprint density at radius 1 is 1.38 bits per heavy atom. The standard InChI is InChI=1S/C13H26N2O/c1-4-13(14,5-2)12(16)15-9-11-7-6-10(3)8-11/h10-11H,4-9,14H2,1-3H3,(H,15,16). The van der Waals surface area contributed by atoms with Gasteiger partial charge in [0.2, 0.25) is 5.91 Å². The van der Waals surface area contributed by atoms with Crippen LogP contribution in [0, 0.1) is 11.8 Å². The van der Waals surface area contributed by atoms with Crippen LogP contribution >= 0.6 is 0 Å². The second kappa shape index (κ2) is 5.67. The zero-order valence-electron chi connectivity index (χ0n) is 10.9. The Labute approximate surface area is 99.2 Å². The normalized spacial score (nSPS) is 25.8. The molecular weight excluding hydrogens is 200 g/mol. The molecule has 16 heavy (non-hydrogen) atoms. The maximum absolute atomic E-state index is 11.9. The first-order valence-corrected chi connectivity index (χ1v) is 6.59. The molecule has 1 aliphatic rings. The van der Waals surface area contributed by atoms with Crippen molar-refractivity contribution in [2.45, 2.75) is 58.4 Å². The van der Waals surface area contributed by atoms with Crippen LogP contribution in [0.5, 0.6) is 0 Å². The summed E-state index contributed by atoms with van der Waals surface area (Å²) in [7, 11) is 0. The van der Waals surface area contributed by atoms with Gasteiger partial charge in [0.05, 0.1) is 5.54 Å². The first-order valence-electron chi connectivity index (χ1n) is 6.59. The molecule has 0 heterocycles. The lowest BCUT2D eigenvalue weighted by Gasteiger charge is -2.26. The summed E-state index contributed by atoms with van der Waals surface area (Å²) in [5, 5.41) is 3.02. The highest BCUT2D eigenvalue weighted by atomic mass is 16.2. The van der Waals surface area contributed by atoms with E-state index in [9.17, 15) is 4.79 Å². The van der Waals surface area contributed by atoms with Gasteiger partial charge in [-0.2, -0.15) is 0 Å². The van der Waals surface area contributed by atoms with Gasteiger partial charge < -0.3 is 11.1 Å². The van der Waals surface area contributed by atoms with Crippen LogP contribution in [0.3, 0.4) is 0 Å². The van der Waals surface area contributed by atoms with Gasteiger partial charge in [0.15, 0.2) is 0 Å². The lowest BCUT2D eigenvalue weighted by molar-refractivity contribution is -0.126. The molecule has 3 nitrogen and oxygen atoms in total. The van der Waals surface area contributed by atoms with E-state index in [1.807, 2.05) is 13.8 Å². The van der Waals surface area contributed by atoms with E-state index in [4.69, 9.17) is 5.73 Å². The summed E-state index contributed by atoms with van der Waals surface area (Å²) < 4.78 is 0. The van der Waals surface area contributed by atoms with E-state index in [1.54, 1.807) is 0 Å². The average Bonchev–Trinajstić information content (AvgIpc) is 2.70. The largest absolute Gasteiger partial charge is 0.354 e. The highest BCUT2D eigenvalue weighted by molar-refractivity contribution is 5.85. The number of hydrogen-bond acceptors (Lipinski definition) is 2. The zero-order chi connectivity index (χ0) is 12.2. The van der Waals surface area contributed by atoms with Crippen molar-refractivity contribution in [3.05, 3.63) is 0 Å². The van der Waals surface area contributed by atoms with E-state index in [-0.39, 0.29) is 5.91 Å². The van der Waals surface area contributed by atoms with Crippen molar-refractivity contribution in [3.63, 3.8) is 0 Å². The molecule has 0 radical (unpaired) electrons. The van der Waals surface area contributed by atoms with Crippen molar-refractivity contribution in [2.75, 3.05) is 6.54 Å². The molecule has 0 aromatic rings. The average molecular weight is 226 g/mol. The SMILES string of the molecule is CCC(N)(CC)C(=O)NCC1CCC(C)C1. The molecule has 0 spiro atoms. The maximum Gasteiger partial charge on any atom is 0.240 e. The Morgan fingerprint density at radius 3 is 2.44 bits per heavy atom. The summed E-state index contributed by atoms with van der Waals surface area (Å²) in [5.41, 5.74) is 5.38. The topological polar surface area (TPSA) is 55.1 Å². The molecule has 3 N–H and O–H groups in total. The van der Waals surface area contributed by atoms with Crippen LogP contribution in [0.4, 0.5) is 0 Å². The van der Waals surface area contributed by atoms with E-state index >= 15 is 0 Å². The molecule has 2 atom stereocenters. The fourth-order valence-electron chi connectivity index (χ4n) is 2.49. The van der Waals surface area contributed by atoms with Crippen LogP contribution in [0.2, 0.25) is 0 Å². The Hall–Kier alpha value is -0.570. The van der Waals surface area contributed by atoms with Crippen LogP contribution in [0.15, 0.2) is 0 Å². The van der Waals surface area contributed by atoms with E-state index in [1.165, 1.54) is 19.3 Å². The maximum atomic E-state index is 11.9. The lowest BCUT2D eigenvalue weighted by Crippen LogP contribution is -2.53. The number of rotatable bonds is 5. The molecule has 1 amide bonds. The fourth-order valence-corrected chi connectivity index (χ4v) is 2.49. The van der Waals surface area contributed by atoms with Crippen LogP contribution in [-0.2, 0) is 4.79 Å². The Balaban J connectivity index is 2.34. The van der Waals surface area contributed by atoms with E-state index in [0.29, 0.717) is 18.8 Å². The molecule has 0 aromatic heterocycles. The fraction of sp³-hybridized carbons (Fsp3) is 0.923. The summed E-state index contributed by atoms with van der Waals surface area (Å²) in [5.74, 6) is 1.51. The monoisotopic (exact) mass is 226 g/mol. The minimum absolute atomic E-state index is 0.0250. The van der Waals surface area contributed by atoms with E-state index < -0.39 is 5.54 Å². The highest BCUT2D eigenvalue weighted by Crippen LogP contribution is 2.29. The summed E-state index contributed by atoms with van der Waals surface area (Å²) in [4.78, 5) is 11.9. The van der Waals surface area contributed by atoms with Crippen LogP contribution in [0.25, 0.3) is 0 Å². The predicted octanol–water partition coefficient (Wildman–Crippen LogP) is 2.06. The number of hydrogen-bond donors (Lipinski definition) is 2. The van der Waals surface area contributed by atoms with Gasteiger partial charge in [-0.05, 0) is 37.5 Å². The second-order valence-corrected chi connectivity index (χ2v) is 5.36. The van der Waals surface area contributed by atoms with Gasteiger partial charge in [-0.25, -0.2) is 0 Å². The Kier molecular flexibility index (Phi) is 4.78. The van der Waals surface area contributed by atoms with Crippen molar-refractivity contribution in [1.29, 1.82) is 0 Å². The number of nitrogens with two attached hydrogens (primary N) is 1. The third-order valence-corrected chi connectivity index (χ3v) is 4.07. The molecule has 1 aliphatic carbocycles. The minimum atomic E-state index is -0.662. The minimum Gasteiger partial charge on any atom is -0.354 e. The Morgan fingerprint density at radius 2 is 2.00 bits per heavy atom. The molecule has 0 saturated heterocycles. The van der Waals surface area contributed by atoms with Crippen molar-refractivity contribution in [3.8, 4) is 0 Å². The van der Waals surface area contributed by atoms with Crippen molar-refractivity contribution >= 4 is 5.91 Å². The van der Waals surface area contributed by atoms with Crippen molar-refractivity contribution in [1.82, 2.24) is 5.32 Å². The molecular formula is C13H26N2O. The van der Waals surface area contributed by atoms with Crippen molar-refractivity contribution in [2.24, 2.45) is 17.6 Å². The predicted molar refractivity (Wildman–Crippen MR) is 67.0 cm³/mol. The van der Waals surface area contributed by atoms with Gasteiger partial charge in [-0.3, -0.25) is 4.79 Å². The van der Waals surface area contributed by atoms with Gasteiger partial charge in [-0.1, -0.05) is 27.2 Å². The molecule has 1 fully saturated rings. The third kappa shape index (κ3) is 3.21. The molecule has 3 heteroatoms. The smallest absolute Gasteiger partial charge is 0.240 e. The number of carbonyl (C=O) groups excluding carboxylic acids is 1. The first-order chi connectivity index (χ1) is 7.51. The molecule has 0 aromatic carbocycles. The zero-order valence-corrected chi connectivity index (χ0v) is 10.9. The number of amides is 1. The molecule has 0 aliphatic heterocycles. The number of nitrogens with one attached hydrogen (secondary N) is 1. The summed E-state index contributed by atoms with van der Waals surface area (Å²) in [6, 6.07) is 0. The van der Waals surface area contributed by atoms with E-state index in [0.717, 1.165) is 12.5 Å². The van der Waals surface area contributed by atoms with Crippen LogP contribution in [-0.4, -0.2) is 18.0 Å². The van der Waals surface area contributed by atoms with Crippen molar-refractivity contribution < 1.29 is 4.79 Å². The molecule has 1 saturated carbocycles. The lowest BCUT2D eigenvalue weighted by atomic mass is 9.93. The van der Waals surface area contributed by atoms with Gasteiger partial charge in [-0.15, -0.1) is 0 Å². The first kappa shape index (κ1) is 13.5. The van der Waals surface area contributed by atoms with Gasteiger partial charge in [0.1, 0.15) is 0 Å². The van der Waals surface area contributed by atoms with E-state index in [2.05, 4.69) is 12.2 Å². The molecule has 2 unspecified atom stereocenters. The van der Waals surface area contributed by atoms with Crippen LogP contribution in [0.1, 0.15) is 52.9 Å².